The maximum absolute atomic E-state index is 12.3. The summed E-state index contributed by atoms with van der Waals surface area (Å²) >= 11 is 0. The van der Waals surface area contributed by atoms with Gasteiger partial charge in [0.15, 0.2) is 0 Å². The average molecular weight is 342 g/mol. The molecule has 0 saturated carbocycles. The minimum Gasteiger partial charge on any atom is -0.381 e. The topological polar surface area (TPSA) is 84.7 Å². The first-order valence-electron chi connectivity index (χ1n) is 7.51. The van der Waals surface area contributed by atoms with E-state index in [0.29, 0.717) is 18.7 Å². The first kappa shape index (κ1) is 19.4. The van der Waals surface area contributed by atoms with Crippen LogP contribution in [0, 0.1) is 0 Å². The van der Waals surface area contributed by atoms with Crippen molar-refractivity contribution in [3.8, 4) is 0 Å². The third-order valence-corrected chi connectivity index (χ3v) is 4.03. The molecule has 6 nitrogen and oxygen atoms in total. The Morgan fingerprint density at radius 3 is 2.65 bits per heavy atom. The van der Waals surface area contributed by atoms with Crippen LogP contribution in [-0.2, 0) is 9.53 Å². The zero-order valence-corrected chi connectivity index (χ0v) is 14.1. The van der Waals surface area contributed by atoms with Crippen molar-refractivity contribution in [3.63, 3.8) is 0 Å². The number of benzene rings is 1. The number of likely N-dealkylation sites (tertiary alicyclic amines) is 1. The third-order valence-electron chi connectivity index (χ3n) is 4.03. The summed E-state index contributed by atoms with van der Waals surface area (Å²) in [5.74, 6) is -0.348. The molecule has 2 unspecified atom stereocenters. The Balaban J connectivity index is 0.00000264. The summed E-state index contributed by atoms with van der Waals surface area (Å²) in [6.07, 6.45) is 1.69. The van der Waals surface area contributed by atoms with Gasteiger partial charge in [-0.05, 0) is 25.0 Å². The number of hydrogen-bond donors (Lipinski definition) is 2. The van der Waals surface area contributed by atoms with Gasteiger partial charge in [0.1, 0.15) is 0 Å². The minimum atomic E-state index is -0.245. The number of halogens is 1. The highest BCUT2D eigenvalue weighted by molar-refractivity contribution is 5.96. The SMILES string of the molecule is COC1CCN(C(=O)CNC(=O)c2ccccc2)C(CN)C1.Cl. The quantitative estimate of drug-likeness (QED) is 0.829. The van der Waals surface area contributed by atoms with E-state index in [9.17, 15) is 9.59 Å². The van der Waals surface area contributed by atoms with Gasteiger partial charge in [-0.2, -0.15) is 0 Å². The van der Waals surface area contributed by atoms with Gasteiger partial charge in [0.2, 0.25) is 5.91 Å². The molecule has 2 rings (SSSR count). The Kier molecular flexibility index (Phi) is 8.02. The van der Waals surface area contributed by atoms with Crippen LogP contribution in [0.4, 0.5) is 0 Å². The molecule has 2 amide bonds. The number of amides is 2. The Hall–Kier alpha value is -1.63. The summed E-state index contributed by atoms with van der Waals surface area (Å²) in [7, 11) is 1.68. The number of methoxy groups -OCH3 is 1. The summed E-state index contributed by atoms with van der Waals surface area (Å²) < 4.78 is 5.34. The van der Waals surface area contributed by atoms with Crippen molar-refractivity contribution in [1.82, 2.24) is 10.2 Å². The minimum absolute atomic E-state index is 0. The number of hydrogen-bond acceptors (Lipinski definition) is 4. The van der Waals surface area contributed by atoms with Gasteiger partial charge in [0.25, 0.3) is 5.91 Å². The van der Waals surface area contributed by atoms with Gasteiger partial charge in [-0.15, -0.1) is 12.4 Å². The van der Waals surface area contributed by atoms with Crippen molar-refractivity contribution in [2.45, 2.75) is 25.0 Å². The van der Waals surface area contributed by atoms with Crippen LogP contribution in [0.25, 0.3) is 0 Å². The van der Waals surface area contributed by atoms with E-state index in [1.807, 2.05) is 6.07 Å². The fourth-order valence-corrected chi connectivity index (χ4v) is 2.73. The Labute approximate surface area is 142 Å². The third kappa shape index (κ3) is 5.20. The predicted molar refractivity (Wildman–Crippen MR) is 90.6 cm³/mol. The van der Waals surface area contributed by atoms with Crippen molar-refractivity contribution in [1.29, 1.82) is 0 Å². The molecule has 2 atom stereocenters. The van der Waals surface area contributed by atoms with Gasteiger partial charge in [0, 0.05) is 31.8 Å². The van der Waals surface area contributed by atoms with E-state index >= 15 is 0 Å². The number of rotatable bonds is 5. The molecule has 1 aromatic rings. The summed E-state index contributed by atoms with van der Waals surface area (Å²) in [5.41, 5.74) is 6.30. The van der Waals surface area contributed by atoms with E-state index in [4.69, 9.17) is 10.5 Å². The molecule has 23 heavy (non-hydrogen) atoms. The molecule has 7 heteroatoms. The lowest BCUT2D eigenvalue weighted by Crippen LogP contribution is -2.53. The lowest BCUT2D eigenvalue weighted by atomic mass is 9.99. The average Bonchev–Trinajstić information content (AvgIpc) is 2.59. The van der Waals surface area contributed by atoms with Crippen LogP contribution in [-0.4, -0.2) is 55.6 Å². The number of piperidine rings is 1. The van der Waals surface area contributed by atoms with E-state index in [0.717, 1.165) is 12.8 Å². The van der Waals surface area contributed by atoms with E-state index < -0.39 is 0 Å². The Bertz CT molecular complexity index is 513. The van der Waals surface area contributed by atoms with Crippen LogP contribution in [0.3, 0.4) is 0 Å². The van der Waals surface area contributed by atoms with Gasteiger partial charge in [0.05, 0.1) is 12.6 Å². The van der Waals surface area contributed by atoms with Crippen molar-refractivity contribution in [2.24, 2.45) is 5.73 Å². The summed E-state index contributed by atoms with van der Waals surface area (Å²) in [4.78, 5) is 26.0. The van der Waals surface area contributed by atoms with Gasteiger partial charge in [-0.25, -0.2) is 0 Å². The molecular weight excluding hydrogens is 318 g/mol. The Morgan fingerprint density at radius 1 is 1.35 bits per heavy atom. The molecule has 0 spiro atoms. The van der Waals surface area contributed by atoms with E-state index in [1.165, 1.54) is 0 Å². The van der Waals surface area contributed by atoms with Crippen molar-refractivity contribution in [2.75, 3.05) is 26.7 Å². The molecule has 1 fully saturated rings. The molecule has 0 aromatic heterocycles. The van der Waals surface area contributed by atoms with Crippen LogP contribution in [0.5, 0.6) is 0 Å². The molecule has 0 aliphatic carbocycles. The van der Waals surface area contributed by atoms with Crippen LogP contribution in [0.2, 0.25) is 0 Å². The molecule has 0 bridgehead atoms. The highest BCUT2D eigenvalue weighted by Gasteiger charge is 2.30. The largest absolute Gasteiger partial charge is 0.381 e. The number of carbonyl (C=O) groups excluding carboxylic acids is 2. The van der Waals surface area contributed by atoms with Crippen molar-refractivity contribution >= 4 is 24.2 Å². The molecule has 1 aliphatic rings. The predicted octanol–water partition coefficient (Wildman–Crippen LogP) is 0.803. The monoisotopic (exact) mass is 341 g/mol. The van der Waals surface area contributed by atoms with Gasteiger partial charge in [-0.3, -0.25) is 9.59 Å². The maximum Gasteiger partial charge on any atom is 0.251 e. The molecule has 0 radical (unpaired) electrons. The molecule has 1 aromatic carbocycles. The first-order chi connectivity index (χ1) is 10.7. The zero-order chi connectivity index (χ0) is 15.9. The normalized spacial score (nSPS) is 20.5. The van der Waals surface area contributed by atoms with Crippen LogP contribution < -0.4 is 11.1 Å². The van der Waals surface area contributed by atoms with Crippen molar-refractivity contribution < 1.29 is 14.3 Å². The van der Waals surface area contributed by atoms with Crippen LogP contribution >= 0.6 is 12.4 Å². The highest BCUT2D eigenvalue weighted by atomic mass is 35.5. The number of carbonyl (C=O) groups is 2. The molecule has 1 heterocycles. The van der Waals surface area contributed by atoms with E-state index in [-0.39, 0.29) is 42.9 Å². The summed E-state index contributed by atoms with van der Waals surface area (Å²) in [6, 6.07) is 8.82. The fourth-order valence-electron chi connectivity index (χ4n) is 2.73. The van der Waals surface area contributed by atoms with E-state index in [2.05, 4.69) is 5.32 Å². The Morgan fingerprint density at radius 2 is 2.04 bits per heavy atom. The lowest BCUT2D eigenvalue weighted by Gasteiger charge is -2.38. The standard InChI is InChI=1S/C16H23N3O3.ClH/c1-22-14-7-8-19(13(9-14)10-17)15(20)11-18-16(21)12-5-3-2-4-6-12;/h2-6,13-14H,7-11,17H2,1H3,(H,18,21);1H. The maximum atomic E-state index is 12.3. The first-order valence-corrected chi connectivity index (χ1v) is 7.51. The number of nitrogens with one attached hydrogen (secondary N) is 1. The molecule has 128 valence electrons. The summed E-state index contributed by atoms with van der Waals surface area (Å²) in [6.45, 7) is 1.00. The van der Waals surface area contributed by atoms with Crippen LogP contribution in [0.15, 0.2) is 30.3 Å². The highest BCUT2D eigenvalue weighted by Crippen LogP contribution is 2.19. The molecule has 1 aliphatic heterocycles. The van der Waals surface area contributed by atoms with Crippen LogP contribution in [0.1, 0.15) is 23.2 Å². The molecule has 3 N–H and O–H groups in total. The molecular formula is C16H24ClN3O3. The second-order valence-corrected chi connectivity index (χ2v) is 5.41. The number of nitrogens with two attached hydrogens (primary N) is 1. The van der Waals surface area contributed by atoms with Gasteiger partial charge in [-0.1, -0.05) is 18.2 Å². The number of nitrogens with zero attached hydrogens (tertiary/aromatic N) is 1. The smallest absolute Gasteiger partial charge is 0.251 e. The number of ether oxygens (including phenoxy) is 1. The van der Waals surface area contributed by atoms with E-state index in [1.54, 1.807) is 36.3 Å². The zero-order valence-electron chi connectivity index (χ0n) is 13.2. The van der Waals surface area contributed by atoms with Gasteiger partial charge >= 0.3 is 0 Å². The molecule has 1 saturated heterocycles. The second-order valence-electron chi connectivity index (χ2n) is 5.41. The van der Waals surface area contributed by atoms with Gasteiger partial charge < -0.3 is 20.7 Å². The fraction of sp³-hybridized carbons (Fsp3) is 0.500. The van der Waals surface area contributed by atoms with Crippen molar-refractivity contribution in [3.05, 3.63) is 35.9 Å². The lowest BCUT2D eigenvalue weighted by molar-refractivity contribution is -0.135. The second kappa shape index (κ2) is 9.50. The summed E-state index contributed by atoms with van der Waals surface area (Å²) in [5, 5.41) is 2.66.